The van der Waals surface area contributed by atoms with Crippen molar-refractivity contribution in [1.29, 1.82) is 0 Å². The van der Waals surface area contributed by atoms with E-state index in [4.69, 9.17) is 4.98 Å². The van der Waals surface area contributed by atoms with Crippen molar-refractivity contribution in [2.45, 2.75) is 13.8 Å². The number of amides is 1. The molecule has 5 rings (SSSR count). The maximum absolute atomic E-state index is 13.2. The first-order valence-electron chi connectivity index (χ1n) is 10.4. The Bertz CT molecular complexity index is 1600. The van der Waals surface area contributed by atoms with Crippen LogP contribution in [0.4, 0.5) is 5.95 Å². The summed E-state index contributed by atoms with van der Waals surface area (Å²) in [5, 5.41) is 5.12. The third-order valence-corrected chi connectivity index (χ3v) is 5.51. The number of para-hydroxylation sites is 1. The van der Waals surface area contributed by atoms with Crippen molar-refractivity contribution in [3.8, 4) is 11.3 Å². The molecule has 3 aromatic heterocycles. The van der Waals surface area contributed by atoms with Gasteiger partial charge in [-0.15, -0.1) is 0 Å². The van der Waals surface area contributed by atoms with E-state index >= 15 is 0 Å². The molecule has 0 fully saturated rings. The molecule has 33 heavy (non-hydrogen) atoms. The second kappa shape index (κ2) is 7.86. The molecule has 5 aromatic rings. The van der Waals surface area contributed by atoms with E-state index in [0.29, 0.717) is 33.2 Å². The smallest absolute Gasteiger partial charge is 0.270 e. The Morgan fingerprint density at radius 3 is 2.67 bits per heavy atom. The van der Waals surface area contributed by atoms with Crippen LogP contribution in [0.15, 0.2) is 59.5 Å². The predicted molar refractivity (Wildman–Crippen MR) is 127 cm³/mol. The number of rotatable bonds is 4. The van der Waals surface area contributed by atoms with Crippen LogP contribution >= 0.6 is 0 Å². The van der Waals surface area contributed by atoms with E-state index in [9.17, 15) is 9.59 Å². The molecular formula is C24H21N7O2. The first kappa shape index (κ1) is 20.4. The zero-order chi connectivity index (χ0) is 23.1. The highest BCUT2D eigenvalue weighted by Gasteiger charge is 2.16. The van der Waals surface area contributed by atoms with Gasteiger partial charge >= 0.3 is 0 Å². The summed E-state index contributed by atoms with van der Waals surface area (Å²) in [7, 11) is 1.69. The zero-order valence-corrected chi connectivity index (χ0v) is 18.3. The number of hydrazine groups is 1. The molecule has 3 heterocycles. The number of nitrogens with zero attached hydrogens (tertiary/aromatic N) is 4. The Kier molecular flexibility index (Phi) is 4.86. The lowest BCUT2D eigenvalue weighted by Gasteiger charge is -2.13. The van der Waals surface area contributed by atoms with Crippen LogP contribution in [0.3, 0.4) is 0 Å². The number of aryl methyl sites for hydroxylation is 3. The first-order chi connectivity index (χ1) is 15.9. The third kappa shape index (κ3) is 3.69. The number of anilines is 1. The van der Waals surface area contributed by atoms with Crippen LogP contribution in [-0.4, -0.2) is 30.6 Å². The molecule has 9 nitrogen and oxygen atoms in total. The highest BCUT2D eigenvalue weighted by Crippen LogP contribution is 2.27. The molecule has 0 atom stereocenters. The summed E-state index contributed by atoms with van der Waals surface area (Å²) < 4.78 is 1.49. The van der Waals surface area contributed by atoms with Crippen LogP contribution < -0.4 is 16.4 Å². The lowest BCUT2D eigenvalue weighted by molar-refractivity contribution is 0.0964. The fourth-order valence-electron chi connectivity index (χ4n) is 3.88. The van der Waals surface area contributed by atoms with Crippen molar-refractivity contribution in [2.24, 2.45) is 7.05 Å². The molecule has 0 bridgehead atoms. The fourth-order valence-corrected chi connectivity index (χ4v) is 3.88. The minimum absolute atomic E-state index is 0.109. The van der Waals surface area contributed by atoms with Crippen molar-refractivity contribution >= 4 is 33.8 Å². The number of aromatic nitrogens is 5. The van der Waals surface area contributed by atoms with E-state index in [1.165, 1.54) is 10.9 Å². The van der Waals surface area contributed by atoms with E-state index in [2.05, 4.69) is 32.0 Å². The zero-order valence-electron chi connectivity index (χ0n) is 18.3. The SMILES string of the molecule is Cc1ccc(-c2cc(C(=O)NNc3nc4c(cnn4C)c(=O)[nH]3)c3ccccc3n2)c(C)c1. The van der Waals surface area contributed by atoms with Crippen molar-refractivity contribution in [3.05, 3.63) is 81.8 Å². The van der Waals surface area contributed by atoms with Gasteiger partial charge in [-0.3, -0.25) is 30.1 Å². The van der Waals surface area contributed by atoms with Gasteiger partial charge in [0.25, 0.3) is 11.5 Å². The van der Waals surface area contributed by atoms with Crippen LogP contribution in [0.5, 0.6) is 0 Å². The number of H-pyrrole nitrogens is 1. The van der Waals surface area contributed by atoms with Crippen molar-refractivity contribution in [2.75, 3.05) is 5.43 Å². The number of carbonyl (C=O) groups is 1. The summed E-state index contributed by atoms with van der Waals surface area (Å²) in [4.78, 5) is 37.1. The van der Waals surface area contributed by atoms with Crippen LogP contribution in [0.2, 0.25) is 0 Å². The van der Waals surface area contributed by atoms with Gasteiger partial charge in [-0.05, 0) is 31.5 Å². The molecule has 0 spiro atoms. The van der Waals surface area contributed by atoms with E-state index in [1.54, 1.807) is 13.1 Å². The van der Waals surface area contributed by atoms with Gasteiger partial charge < -0.3 is 0 Å². The molecule has 0 radical (unpaired) electrons. The van der Waals surface area contributed by atoms with Crippen molar-refractivity contribution in [1.82, 2.24) is 30.2 Å². The number of hydrogen-bond donors (Lipinski definition) is 3. The Hall–Kier alpha value is -4.53. The van der Waals surface area contributed by atoms with Crippen LogP contribution in [0.1, 0.15) is 21.5 Å². The minimum atomic E-state index is -0.382. The molecule has 3 N–H and O–H groups in total. The maximum Gasteiger partial charge on any atom is 0.270 e. The summed E-state index contributed by atoms with van der Waals surface area (Å²) in [6.45, 7) is 4.06. The van der Waals surface area contributed by atoms with E-state index < -0.39 is 0 Å². The lowest BCUT2D eigenvalue weighted by atomic mass is 9.99. The van der Waals surface area contributed by atoms with Gasteiger partial charge in [0.15, 0.2) is 5.65 Å². The van der Waals surface area contributed by atoms with Gasteiger partial charge in [-0.25, -0.2) is 4.98 Å². The second-order valence-electron chi connectivity index (χ2n) is 7.89. The van der Waals surface area contributed by atoms with E-state index in [1.807, 2.05) is 50.2 Å². The quantitative estimate of drug-likeness (QED) is 0.370. The normalized spacial score (nSPS) is 11.1. The molecule has 2 aromatic carbocycles. The molecule has 0 unspecified atom stereocenters. The van der Waals surface area contributed by atoms with Crippen molar-refractivity contribution < 1.29 is 4.79 Å². The molecule has 0 saturated carbocycles. The number of fused-ring (bicyclic) bond motifs is 2. The number of hydrogen-bond acceptors (Lipinski definition) is 6. The second-order valence-corrected chi connectivity index (χ2v) is 7.89. The molecular weight excluding hydrogens is 418 g/mol. The third-order valence-electron chi connectivity index (χ3n) is 5.51. The van der Waals surface area contributed by atoms with Crippen molar-refractivity contribution in [3.63, 3.8) is 0 Å². The number of aromatic amines is 1. The highest BCUT2D eigenvalue weighted by molar-refractivity contribution is 6.07. The first-order valence-corrected chi connectivity index (χ1v) is 10.4. The molecule has 0 aliphatic rings. The van der Waals surface area contributed by atoms with Gasteiger partial charge in [0.1, 0.15) is 5.39 Å². The maximum atomic E-state index is 13.2. The van der Waals surface area contributed by atoms with Gasteiger partial charge in [0.2, 0.25) is 5.95 Å². The number of benzene rings is 2. The summed E-state index contributed by atoms with van der Waals surface area (Å²) in [5.74, 6) is -0.273. The van der Waals surface area contributed by atoms with Crippen LogP contribution in [0.25, 0.3) is 33.2 Å². The highest BCUT2D eigenvalue weighted by atomic mass is 16.2. The largest absolute Gasteiger partial charge is 0.291 e. The Morgan fingerprint density at radius 1 is 1.03 bits per heavy atom. The van der Waals surface area contributed by atoms with Gasteiger partial charge in [-0.1, -0.05) is 42.0 Å². The van der Waals surface area contributed by atoms with Crippen LogP contribution in [-0.2, 0) is 7.05 Å². The molecule has 9 heteroatoms. The summed E-state index contributed by atoms with van der Waals surface area (Å²) >= 11 is 0. The number of carbonyl (C=O) groups excluding carboxylic acids is 1. The van der Waals surface area contributed by atoms with E-state index in [0.717, 1.165) is 16.7 Å². The summed E-state index contributed by atoms with van der Waals surface area (Å²) in [6.07, 6.45) is 1.45. The average Bonchev–Trinajstić information content (AvgIpc) is 3.18. The molecule has 0 aliphatic heterocycles. The summed E-state index contributed by atoms with van der Waals surface area (Å²) in [6, 6.07) is 15.4. The average molecular weight is 439 g/mol. The minimum Gasteiger partial charge on any atom is -0.291 e. The lowest BCUT2D eigenvalue weighted by Crippen LogP contribution is -2.31. The molecule has 0 saturated heterocycles. The molecule has 164 valence electrons. The monoisotopic (exact) mass is 439 g/mol. The molecule has 0 aliphatic carbocycles. The summed E-state index contributed by atoms with van der Waals surface area (Å²) in [5.41, 5.74) is 10.5. The predicted octanol–water partition coefficient (Wildman–Crippen LogP) is 3.25. The molecule has 1 amide bonds. The Balaban J connectivity index is 1.51. The number of pyridine rings is 1. The van der Waals surface area contributed by atoms with Gasteiger partial charge in [-0.2, -0.15) is 10.1 Å². The van der Waals surface area contributed by atoms with Crippen LogP contribution in [0, 0.1) is 13.8 Å². The van der Waals surface area contributed by atoms with Gasteiger partial charge in [0, 0.05) is 18.0 Å². The topological polar surface area (TPSA) is 118 Å². The standard InChI is InChI=1S/C24H21N7O2/c1-13-8-9-15(14(2)10-13)20-11-17(16-6-4-5-7-19(16)26-20)23(33)29-30-24-27-21-18(22(32)28-24)12-25-31(21)3/h4-12H,1-3H3,(H,29,33)(H2,27,28,30,32). The van der Waals surface area contributed by atoms with E-state index in [-0.39, 0.29) is 17.4 Å². The van der Waals surface area contributed by atoms with Gasteiger partial charge in [0.05, 0.1) is 23.0 Å². The Morgan fingerprint density at radius 2 is 1.85 bits per heavy atom. The fraction of sp³-hybridized carbons (Fsp3) is 0.125. The Labute approximate surface area is 188 Å². The number of nitrogens with one attached hydrogen (secondary N) is 3.